The molecule has 1 radical (unpaired) electrons. The van der Waals surface area contributed by atoms with Crippen molar-refractivity contribution in [1.29, 1.82) is 0 Å². The van der Waals surface area contributed by atoms with E-state index >= 15 is 0 Å². The van der Waals surface area contributed by atoms with Crippen LogP contribution in [-0.2, 0) is 0 Å². The van der Waals surface area contributed by atoms with Gasteiger partial charge in [0.1, 0.15) is 0 Å². The fourth-order valence-corrected chi connectivity index (χ4v) is 0. The normalized spacial score (nSPS) is 4.17. The molecule has 0 spiro atoms. The first kappa shape index (κ1) is 84.9. The Hall–Kier alpha value is -2.19. The number of nitrogens with zero attached hydrogens (tertiary/aromatic N) is 4. The third-order valence-corrected chi connectivity index (χ3v) is 0. The van der Waals surface area contributed by atoms with Crippen molar-refractivity contribution in [2.24, 2.45) is 0 Å². The molecule has 0 unspecified atom stereocenters. The second kappa shape index (κ2) is 72.8. The average molecular weight is 524 g/mol. The first-order chi connectivity index (χ1) is 6.93. The van der Waals surface area contributed by atoms with E-state index in [1.165, 1.54) is 0 Å². The molecule has 153 valence electrons. The predicted molar refractivity (Wildman–Crippen MR) is 61.5 cm³/mol. The third-order valence-electron chi connectivity index (χ3n) is 0. The molecule has 23 heavy (non-hydrogen) atoms. The molecule has 0 aliphatic rings. The topological polar surface area (TPSA) is 451 Å². The summed E-state index contributed by atoms with van der Waals surface area (Å²) >= 11 is 0. The first-order valence-corrected chi connectivity index (χ1v) is 2.21. The Bertz CT molecular complexity index is 161. The second-order valence-electron chi connectivity index (χ2n) is 0.909. The van der Waals surface area contributed by atoms with Gasteiger partial charge in [-0.3, -0.25) is 0 Å². The Kier molecular flexibility index (Phi) is 269. The molecule has 0 heterocycles. The van der Waals surface area contributed by atoms with E-state index in [1.807, 2.05) is 0 Å². The maximum Gasteiger partial charge on any atom is 3.00 e. The smallest absolute Gasteiger partial charge is 0.412 e. The van der Waals surface area contributed by atoms with E-state index in [0.29, 0.717) is 0 Å². The Morgan fingerprint density at radius 3 is 0.478 bits per heavy atom. The molecule has 23 heteroatoms. The van der Waals surface area contributed by atoms with E-state index in [1.54, 1.807) is 0 Å². The molecule has 0 aliphatic heterocycles. The molecule has 0 rings (SSSR count). The monoisotopic (exact) mass is 523 g/mol. The first-order valence-electron chi connectivity index (χ1n) is 2.21. The van der Waals surface area contributed by atoms with Crippen molar-refractivity contribution in [3.63, 3.8) is 0 Å². The van der Waals surface area contributed by atoms with Gasteiger partial charge in [-0.15, -0.1) is 10.1 Å². The number of rotatable bonds is 0. The van der Waals surface area contributed by atoms with Crippen LogP contribution >= 0.6 is 0 Å². The van der Waals surface area contributed by atoms with Crippen LogP contribution in [0.2, 0.25) is 0 Å². The molecule has 0 atom stereocenters. The summed E-state index contributed by atoms with van der Waals surface area (Å²) in [6, 6.07) is 0. The summed E-state index contributed by atoms with van der Waals surface area (Å²) in [7, 11) is 0. The summed E-state index contributed by atoms with van der Waals surface area (Å²) in [5.41, 5.74) is 0. The van der Waals surface area contributed by atoms with E-state index in [4.69, 9.17) is 61.3 Å². The molecule has 0 fully saturated rings. The van der Waals surface area contributed by atoms with Crippen LogP contribution in [0.3, 0.4) is 0 Å². The van der Waals surface area contributed by atoms with Gasteiger partial charge >= 0.3 is 37.3 Å². The molecule has 0 saturated carbocycles. The van der Waals surface area contributed by atoms with Gasteiger partial charge in [0.05, 0.1) is 15.3 Å². The van der Waals surface area contributed by atoms with Crippen LogP contribution in [0.5, 0.6) is 0 Å². The van der Waals surface area contributed by atoms with Crippen molar-refractivity contribution >= 4 is 0 Å². The van der Waals surface area contributed by atoms with Crippen LogP contribution in [0.15, 0.2) is 0 Å². The van der Waals surface area contributed by atoms with E-state index in [9.17, 15) is 0 Å². The Morgan fingerprint density at radius 2 is 0.478 bits per heavy atom. The second-order valence-corrected chi connectivity index (χ2v) is 0.909. The zero-order valence-corrected chi connectivity index (χ0v) is 11.9. The van der Waals surface area contributed by atoms with Crippen molar-refractivity contribution in [1.82, 2.24) is 0 Å². The minimum atomic E-state index is -1.75. The summed E-state index contributed by atoms with van der Waals surface area (Å²) in [6.07, 6.45) is 0. The zero-order valence-electron chi connectivity index (χ0n) is 10.0. The summed E-state index contributed by atoms with van der Waals surface area (Å²) in [5, 5.41) is 57.9. The zero-order chi connectivity index (χ0) is 14.3. The van der Waals surface area contributed by atoms with Crippen molar-refractivity contribution in [3.05, 3.63) is 56.1 Å². The SMILES string of the molecule is O.O.O.O.O.O.O=[N+]([O-])O.O=[N+]([O-])[O-].O=[N+]([O-])[O-].O=[N+]([O-])[O-].[Er+3]. The molecule has 22 nitrogen and oxygen atoms in total. The Balaban J connectivity index is -0.00000000842. The minimum Gasteiger partial charge on any atom is -0.412 e. The maximum atomic E-state index is 8.36. The van der Waals surface area contributed by atoms with Crippen molar-refractivity contribution in [3.8, 4) is 0 Å². The largest absolute Gasteiger partial charge is 3.00 e. The molecule has 0 aromatic rings. The average Bonchev–Trinajstić information content (AvgIpc) is 1.76. The fraction of sp³-hybridized carbons (Fsp3) is 0. The van der Waals surface area contributed by atoms with Gasteiger partial charge in [0.25, 0.3) is 5.09 Å². The van der Waals surface area contributed by atoms with Gasteiger partial charge in [-0.2, -0.15) is 0 Å². The summed E-state index contributed by atoms with van der Waals surface area (Å²) < 4.78 is 0. The van der Waals surface area contributed by atoms with E-state index in [0.717, 1.165) is 0 Å². The number of hydrogen-bond donors (Lipinski definition) is 1. The van der Waals surface area contributed by atoms with Crippen LogP contribution < -0.4 is 0 Å². The molecule has 0 aliphatic carbocycles. The summed E-state index contributed by atoms with van der Waals surface area (Å²) in [4.78, 5) is 33.1. The van der Waals surface area contributed by atoms with Crippen LogP contribution in [0, 0.1) is 93.4 Å². The molecular weight excluding hydrogens is 511 g/mol. The van der Waals surface area contributed by atoms with Crippen molar-refractivity contribution in [2.45, 2.75) is 0 Å². The molecular formula is H13ErN4O18. The fourth-order valence-electron chi connectivity index (χ4n) is 0. The Morgan fingerprint density at radius 1 is 0.478 bits per heavy atom. The quantitative estimate of drug-likeness (QED) is 0.228. The van der Waals surface area contributed by atoms with Gasteiger partial charge in [0.15, 0.2) is 0 Å². The molecule has 0 aromatic carbocycles. The predicted octanol–water partition coefficient (Wildman–Crippen LogP) is -6.01. The standard InChI is InChI=1S/Er.HNO3.3NO3.6H2O/c;4*2-1(3)4;;;;;;/h;(H,2,3,4);;;;6*1H2/q+3;;3*-1;;;;;;. The van der Waals surface area contributed by atoms with Crippen LogP contribution in [-0.4, -0.2) is 58.4 Å². The van der Waals surface area contributed by atoms with E-state index in [2.05, 4.69) is 0 Å². The van der Waals surface area contributed by atoms with Crippen LogP contribution in [0.25, 0.3) is 0 Å². The van der Waals surface area contributed by atoms with Gasteiger partial charge in [-0.1, -0.05) is 0 Å². The van der Waals surface area contributed by atoms with Crippen LogP contribution in [0.1, 0.15) is 0 Å². The maximum absolute atomic E-state index is 8.36. The molecule has 0 saturated heterocycles. The third kappa shape index (κ3) is 1310. The summed E-state index contributed by atoms with van der Waals surface area (Å²) in [5.74, 6) is 0. The van der Waals surface area contributed by atoms with E-state index in [-0.39, 0.29) is 70.2 Å². The van der Waals surface area contributed by atoms with Gasteiger partial charge in [-0.25, -0.2) is 0 Å². The van der Waals surface area contributed by atoms with E-state index < -0.39 is 20.3 Å². The van der Waals surface area contributed by atoms with Gasteiger partial charge in [-0.05, 0) is 0 Å². The molecule has 0 aromatic heterocycles. The number of hydrogen-bond acceptors (Lipinski definition) is 11. The Labute approximate surface area is 152 Å². The van der Waals surface area contributed by atoms with Crippen LogP contribution in [0.4, 0.5) is 0 Å². The van der Waals surface area contributed by atoms with Gasteiger partial charge in [0.2, 0.25) is 0 Å². The minimum absolute atomic E-state index is 0. The van der Waals surface area contributed by atoms with Crippen molar-refractivity contribution in [2.75, 3.05) is 0 Å². The molecule has 0 amide bonds. The van der Waals surface area contributed by atoms with Gasteiger partial charge in [0, 0.05) is 0 Å². The molecule has 13 N–H and O–H groups in total. The molecule has 0 bridgehead atoms. The van der Waals surface area contributed by atoms with Gasteiger partial charge < -0.3 is 84.0 Å². The summed E-state index contributed by atoms with van der Waals surface area (Å²) in [6.45, 7) is 0. The van der Waals surface area contributed by atoms with Crippen molar-refractivity contribution < 1.29 is 95.7 Å².